The summed E-state index contributed by atoms with van der Waals surface area (Å²) in [5.41, 5.74) is 0.519. The van der Waals surface area contributed by atoms with Gasteiger partial charge in [-0.15, -0.1) is 12.1 Å². The van der Waals surface area contributed by atoms with E-state index in [1.54, 1.807) is 0 Å². The van der Waals surface area contributed by atoms with Crippen LogP contribution in [0.5, 0.6) is 0 Å². The molecule has 0 spiro atoms. The molecule has 0 nitrogen and oxygen atoms in total. The Morgan fingerprint density at radius 2 is 2.00 bits per heavy atom. The van der Waals surface area contributed by atoms with E-state index in [9.17, 15) is 0 Å². The van der Waals surface area contributed by atoms with Crippen molar-refractivity contribution in [2.45, 2.75) is 0 Å². The molecule has 0 bridgehead atoms. The van der Waals surface area contributed by atoms with Crippen molar-refractivity contribution >= 4 is 7.85 Å². The summed E-state index contributed by atoms with van der Waals surface area (Å²) in [6.45, 7) is 6.67. The molecule has 0 aliphatic carbocycles. The van der Waals surface area contributed by atoms with Crippen molar-refractivity contribution < 1.29 is 0 Å². The van der Waals surface area contributed by atoms with Crippen LogP contribution in [0.4, 0.5) is 0 Å². The summed E-state index contributed by atoms with van der Waals surface area (Å²) in [6.07, 6.45) is 1.50. The van der Waals surface area contributed by atoms with E-state index in [-0.39, 0.29) is 0 Å². The fraction of sp³-hybridized carbons (Fsp3) is 0. The summed E-state index contributed by atoms with van der Waals surface area (Å²) in [4.78, 5) is 0. The van der Waals surface area contributed by atoms with Crippen molar-refractivity contribution in [3.8, 4) is 0 Å². The van der Waals surface area contributed by atoms with Gasteiger partial charge in [-0.25, -0.2) is 0 Å². The molecule has 0 saturated carbocycles. The smallest absolute Gasteiger partial charge is 0.106 e. The van der Waals surface area contributed by atoms with Crippen LogP contribution in [-0.4, -0.2) is 7.85 Å². The zero-order chi connectivity index (χ0) is 4.28. The van der Waals surface area contributed by atoms with E-state index in [2.05, 4.69) is 13.2 Å². The summed E-state index contributed by atoms with van der Waals surface area (Å²) in [5, 5.41) is 0. The van der Waals surface area contributed by atoms with E-state index in [4.69, 9.17) is 7.85 Å². The monoisotopic (exact) mass is 64.0 g/mol. The zero-order valence-corrected chi connectivity index (χ0v) is 3.07. The molecule has 0 N–H and O–H groups in total. The van der Waals surface area contributed by atoms with Crippen LogP contribution >= 0.6 is 0 Å². The highest BCUT2D eigenvalue weighted by Gasteiger charge is 1.59. The van der Waals surface area contributed by atoms with Gasteiger partial charge in [-0.1, -0.05) is 12.7 Å². The third-order valence-corrected chi connectivity index (χ3v) is 0.262. The Morgan fingerprint density at radius 1 is 1.80 bits per heavy atom. The van der Waals surface area contributed by atoms with E-state index in [0.29, 0.717) is 5.47 Å². The second-order valence-corrected chi connectivity index (χ2v) is 0.779. The number of hydrogen-bond acceptors (Lipinski definition) is 0. The van der Waals surface area contributed by atoms with E-state index in [1.165, 1.54) is 6.08 Å². The second-order valence-electron chi connectivity index (χ2n) is 0.779. The van der Waals surface area contributed by atoms with Crippen LogP contribution in [0.2, 0.25) is 0 Å². The average molecular weight is 63.9 g/mol. The normalized spacial score (nSPS) is 6.40. The molecule has 0 aromatic rings. The third-order valence-electron chi connectivity index (χ3n) is 0.262. The van der Waals surface area contributed by atoms with Crippen molar-refractivity contribution in [3.63, 3.8) is 0 Å². The maximum absolute atomic E-state index is 4.98. The van der Waals surface area contributed by atoms with Gasteiger partial charge in [-0.05, 0) is 0 Å². The fourth-order valence-electron chi connectivity index (χ4n) is 0. The predicted molar refractivity (Wildman–Crippen MR) is 25.1 cm³/mol. The van der Waals surface area contributed by atoms with Crippen LogP contribution < -0.4 is 0 Å². The first-order valence-electron chi connectivity index (χ1n) is 1.34. The molecule has 0 saturated heterocycles. The summed E-state index contributed by atoms with van der Waals surface area (Å²) in [6, 6.07) is 0. The molecule has 0 aromatic heterocycles. The topological polar surface area (TPSA) is 0 Å². The quantitative estimate of drug-likeness (QED) is 0.313. The molecule has 0 rings (SSSR count). The third kappa shape index (κ3) is 3.54. The van der Waals surface area contributed by atoms with Gasteiger partial charge in [-0.2, -0.15) is 0 Å². The van der Waals surface area contributed by atoms with E-state index >= 15 is 0 Å². The molecule has 5 heavy (non-hydrogen) atoms. The van der Waals surface area contributed by atoms with Crippen molar-refractivity contribution in [3.05, 3.63) is 24.7 Å². The SMILES string of the molecule is [B]C(=C)C=C. The van der Waals surface area contributed by atoms with Crippen molar-refractivity contribution in [2.75, 3.05) is 0 Å². The minimum absolute atomic E-state index is 0.519. The highest BCUT2D eigenvalue weighted by Crippen LogP contribution is 1.74. The van der Waals surface area contributed by atoms with E-state index in [0.717, 1.165) is 0 Å². The Hall–Kier alpha value is -0.455. The molecule has 0 heterocycles. The molecule has 0 aliphatic heterocycles. The Bertz CT molecular complexity index is 54.7. The first kappa shape index (κ1) is 4.54. The average Bonchev–Trinajstić information content (AvgIpc) is 1.38. The van der Waals surface area contributed by atoms with Gasteiger partial charge in [0.2, 0.25) is 0 Å². The first-order valence-corrected chi connectivity index (χ1v) is 1.34. The lowest BCUT2D eigenvalue weighted by Gasteiger charge is -1.71. The van der Waals surface area contributed by atoms with Crippen LogP contribution in [-0.2, 0) is 0 Å². The largest absolute Gasteiger partial charge is 0.112 e. The molecular formula is C4H5B. The maximum atomic E-state index is 4.98. The highest BCUT2D eigenvalue weighted by molar-refractivity contribution is 6.22. The Kier molecular flexibility index (Phi) is 1.66. The second kappa shape index (κ2) is 1.83. The molecule has 0 aliphatic rings. The number of allylic oxidation sites excluding steroid dienone is 2. The Morgan fingerprint density at radius 3 is 2.00 bits per heavy atom. The summed E-state index contributed by atoms with van der Waals surface area (Å²) >= 11 is 0. The zero-order valence-electron chi connectivity index (χ0n) is 3.07. The van der Waals surface area contributed by atoms with Crippen LogP contribution in [0.3, 0.4) is 0 Å². The standard InChI is InChI=1S/C4H5B/c1-3-4(2)5/h3H,1-2H2. The van der Waals surface area contributed by atoms with Crippen LogP contribution in [0.25, 0.3) is 0 Å². The molecular weight excluding hydrogens is 58.9 g/mol. The highest BCUT2D eigenvalue weighted by atomic mass is 13.5. The Balaban J connectivity index is 3.20. The van der Waals surface area contributed by atoms with Crippen LogP contribution in [0, 0.1) is 0 Å². The molecule has 0 fully saturated rings. The van der Waals surface area contributed by atoms with E-state index in [1.807, 2.05) is 0 Å². The molecule has 0 unspecified atom stereocenters. The molecule has 2 radical (unpaired) electrons. The van der Waals surface area contributed by atoms with Crippen molar-refractivity contribution in [1.82, 2.24) is 0 Å². The summed E-state index contributed by atoms with van der Waals surface area (Å²) in [7, 11) is 4.98. The molecule has 24 valence electrons. The van der Waals surface area contributed by atoms with Gasteiger partial charge in [0, 0.05) is 0 Å². The minimum Gasteiger partial charge on any atom is -0.106 e. The van der Waals surface area contributed by atoms with Gasteiger partial charge >= 0.3 is 0 Å². The molecule has 0 aromatic carbocycles. The number of rotatable bonds is 1. The first-order chi connectivity index (χ1) is 2.27. The number of hydrogen-bond donors (Lipinski definition) is 0. The lowest BCUT2D eigenvalue weighted by atomic mass is 9.99. The van der Waals surface area contributed by atoms with Gasteiger partial charge in [-0.3, -0.25) is 0 Å². The maximum Gasteiger partial charge on any atom is 0.112 e. The predicted octanol–water partition coefficient (Wildman–Crippen LogP) is 0.855. The summed E-state index contributed by atoms with van der Waals surface area (Å²) < 4.78 is 0. The minimum atomic E-state index is 0.519. The van der Waals surface area contributed by atoms with Crippen LogP contribution in [0.15, 0.2) is 24.7 Å². The van der Waals surface area contributed by atoms with Gasteiger partial charge in [0.15, 0.2) is 0 Å². The molecule has 1 heteroatoms. The molecule has 0 amide bonds. The Labute approximate surface area is 33.6 Å². The molecule has 0 atom stereocenters. The van der Waals surface area contributed by atoms with Gasteiger partial charge in [0.25, 0.3) is 0 Å². The van der Waals surface area contributed by atoms with Crippen molar-refractivity contribution in [1.29, 1.82) is 0 Å². The fourth-order valence-corrected chi connectivity index (χ4v) is 0. The van der Waals surface area contributed by atoms with Crippen LogP contribution in [0.1, 0.15) is 0 Å². The van der Waals surface area contributed by atoms with Gasteiger partial charge in [0.1, 0.15) is 7.85 Å². The lowest BCUT2D eigenvalue weighted by molar-refractivity contribution is 2.03. The summed E-state index contributed by atoms with van der Waals surface area (Å²) in [5.74, 6) is 0. The van der Waals surface area contributed by atoms with Crippen molar-refractivity contribution in [2.24, 2.45) is 0 Å². The van der Waals surface area contributed by atoms with Gasteiger partial charge < -0.3 is 0 Å². The van der Waals surface area contributed by atoms with Gasteiger partial charge in [0.05, 0.1) is 0 Å². The van der Waals surface area contributed by atoms with E-state index < -0.39 is 0 Å². The lowest BCUT2D eigenvalue weighted by Crippen LogP contribution is -1.61.